The highest BCUT2D eigenvalue weighted by atomic mass is 16.5. The van der Waals surface area contributed by atoms with E-state index in [0.717, 1.165) is 24.2 Å². The quantitative estimate of drug-likeness (QED) is 0.828. The van der Waals surface area contributed by atoms with E-state index in [1.165, 1.54) is 0 Å². The van der Waals surface area contributed by atoms with Gasteiger partial charge in [0.15, 0.2) is 11.5 Å². The van der Waals surface area contributed by atoms with Gasteiger partial charge < -0.3 is 14.4 Å². The van der Waals surface area contributed by atoms with Crippen molar-refractivity contribution in [1.29, 1.82) is 0 Å². The first-order chi connectivity index (χ1) is 12.6. The minimum Gasteiger partial charge on any atom is -0.493 e. The predicted octanol–water partition coefficient (Wildman–Crippen LogP) is 2.76. The molecule has 2 aromatic carbocycles. The molecule has 1 amide bonds. The van der Waals surface area contributed by atoms with Gasteiger partial charge in [-0.05, 0) is 30.3 Å². The molecule has 2 aromatic rings. The van der Waals surface area contributed by atoms with Crippen molar-refractivity contribution >= 4 is 5.91 Å². The number of rotatable bonds is 5. The lowest BCUT2D eigenvalue weighted by Gasteiger charge is -2.40. The second kappa shape index (κ2) is 8.23. The molecular formula is C21H26N2O3. The first kappa shape index (κ1) is 18.3. The van der Waals surface area contributed by atoms with Gasteiger partial charge in [-0.3, -0.25) is 9.69 Å². The summed E-state index contributed by atoms with van der Waals surface area (Å²) in [5.41, 5.74) is 2.18. The third kappa shape index (κ3) is 3.99. The SMILES string of the molecule is COc1ccc(C2CN(C(=O)Cc3ccccc3)CCN2C)cc1OC. The summed E-state index contributed by atoms with van der Waals surface area (Å²) in [4.78, 5) is 17.0. The van der Waals surface area contributed by atoms with Crippen LogP contribution >= 0.6 is 0 Å². The molecule has 0 aliphatic carbocycles. The third-order valence-corrected chi connectivity index (χ3v) is 4.99. The number of methoxy groups -OCH3 is 2. The van der Waals surface area contributed by atoms with Gasteiger partial charge in [-0.1, -0.05) is 36.4 Å². The fourth-order valence-electron chi connectivity index (χ4n) is 3.40. The molecule has 0 aromatic heterocycles. The van der Waals surface area contributed by atoms with Crippen LogP contribution in [0.2, 0.25) is 0 Å². The van der Waals surface area contributed by atoms with Crippen LogP contribution in [0.3, 0.4) is 0 Å². The Balaban J connectivity index is 1.75. The second-order valence-electron chi connectivity index (χ2n) is 6.61. The largest absolute Gasteiger partial charge is 0.493 e. The Morgan fingerprint density at radius 1 is 1.04 bits per heavy atom. The first-order valence-corrected chi connectivity index (χ1v) is 8.86. The van der Waals surface area contributed by atoms with Gasteiger partial charge in [0.05, 0.1) is 26.7 Å². The Bertz CT molecular complexity index is 748. The van der Waals surface area contributed by atoms with E-state index >= 15 is 0 Å². The van der Waals surface area contributed by atoms with E-state index in [4.69, 9.17) is 9.47 Å². The van der Waals surface area contributed by atoms with E-state index in [1.807, 2.05) is 53.4 Å². The fraction of sp³-hybridized carbons (Fsp3) is 0.381. The number of amides is 1. The predicted molar refractivity (Wildman–Crippen MR) is 102 cm³/mol. The van der Waals surface area contributed by atoms with Crippen LogP contribution in [0.15, 0.2) is 48.5 Å². The fourth-order valence-corrected chi connectivity index (χ4v) is 3.40. The normalized spacial score (nSPS) is 17.8. The summed E-state index contributed by atoms with van der Waals surface area (Å²) in [6, 6.07) is 16.0. The smallest absolute Gasteiger partial charge is 0.227 e. The molecule has 1 aliphatic heterocycles. The van der Waals surface area contributed by atoms with Crippen molar-refractivity contribution in [2.75, 3.05) is 40.9 Å². The average Bonchev–Trinajstić information content (AvgIpc) is 2.68. The third-order valence-electron chi connectivity index (χ3n) is 4.99. The maximum atomic E-state index is 12.7. The van der Waals surface area contributed by atoms with Gasteiger partial charge in [0, 0.05) is 19.6 Å². The van der Waals surface area contributed by atoms with Gasteiger partial charge in [0.1, 0.15) is 0 Å². The van der Waals surface area contributed by atoms with Crippen LogP contribution in [-0.2, 0) is 11.2 Å². The molecule has 0 bridgehead atoms. The van der Waals surface area contributed by atoms with Crippen LogP contribution in [0.4, 0.5) is 0 Å². The van der Waals surface area contributed by atoms with Crippen LogP contribution in [0.1, 0.15) is 17.2 Å². The molecular weight excluding hydrogens is 328 g/mol. The number of likely N-dealkylation sites (N-methyl/N-ethyl adjacent to an activating group) is 1. The Morgan fingerprint density at radius 3 is 2.46 bits per heavy atom. The molecule has 1 unspecified atom stereocenters. The van der Waals surface area contributed by atoms with E-state index in [9.17, 15) is 4.79 Å². The maximum Gasteiger partial charge on any atom is 0.227 e. The Kier molecular flexibility index (Phi) is 5.78. The Labute approximate surface area is 155 Å². The van der Waals surface area contributed by atoms with Crippen molar-refractivity contribution in [2.24, 2.45) is 0 Å². The number of benzene rings is 2. The van der Waals surface area contributed by atoms with Gasteiger partial charge in [0.25, 0.3) is 0 Å². The Morgan fingerprint density at radius 2 is 1.77 bits per heavy atom. The van der Waals surface area contributed by atoms with Crippen molar-refractivity contribution < 1.29 is 14.3 Å². The summed E-state index contributed by atoms with van der Waals surface area (Å²) in [7, 11) is 5.37. The molecule has 138 valence electrons. The second-order valence-corrected chi connectivity index (χ2v) is 6.61. The van der Waals surface area contributed by atoms with Gasteiger partial charge in [0.2, 0.25) is 5.91 Å². The van der Waals surface area contributed by atoms with Gasteiger partial charge in [-0.25, -0.2) is 0 Å². The number of piperazine rings is 1. The van der Waals surface area contributed by atoms with Crippen LogP contribution in [0.5, 0.6) is 11.5 Å². The van der Waals surface area contributed by atoms with Gasteiger partial charge >= 0.3 is 0 Å². The zero-order chi connectivity index (χ0) is 18.5. The first-order valence-electron chi connectivity index (χ1n) is 8.86. The van der Waals surface area contributed by atoms with Crippen molar-refractivity contribution in [2.45, 2.75) is 12.5 Å². The molecule has 1 aliphatic rings. The molecule has 3 rings (SSSR count). The lowest BCUT2D eigenvalue weighted by atomic mass is 10.0. The highest BCUT2D eigenvalue weighted by Crippen LogP contribution is 2.33. The van der Waals surface area contributed by atoms with Crippen molar-refractivity contribution in [1.82, 2.24) is 9.80 Å². The average molecular weight is 354 g/mol. The van der Waals surface area contributed by atoms with Crippen molar-refractivity contribution in [3.8, 4) is 11.5 Å². The van der Waals surface area contributed by atoms with E-state index in [1.54, 1.807) is 14.2 Å². The molecule has 0 spiro atoms. The summed E-state index contributed by atoms with van der Waals surface area (Å²) in [5, 5.41) is 0. The number of hydrogen-bond donors (Lipinski definition) is 0. The zero-order valence-electron chi connectivity index (χ0n) is 15.6. The topological polar surface area (TPSA) is 42.0 Å². The summed E-state index contributed by atoms with van der Waals surface area (Å²) in [6.07, 6.45) is 0.448. The molecule has 5 nitrogen and oxygen atoms in total. The highest BCUT2D eigenvalue weighted by Gasteiger charge is 2.29. The monoisotopic (exact) mass is 354 g/mol. The maximum absolute atomic E-state index is 12.7. The van der Waals surface area contributed by atoms with Crippen molar-refractivity contribution in [3.63, 3.8) is 0 Å². The number of nitrogens with zero attached hydrogens (tertiary/aromatic N) is 2. The van der Waals surface area contributed by atoms with E-state index < -0.39 is 0 Å². The van der Waals surface area contributed by atoms with Crippen LogP contribution in [-0.4, -0.2) is 56.6 Å². The summed E-state index contributed by atoms with van der Waals surface area (Å²) < 4.78 is 10.8. The molecule has 0 radical (unpaired) electrons. The minimum atomic E-state index is 0.142. The van der Waals surface area contributed by atoms with Gasteiger partial charge in [-0.15, -0.1) is 0 Å². The van der Waals surface area contributed by atoms with Gasteiger partial charge in [-0.2, -0.15) is 0 Å². The lowest BCUT2D eigenvalue weighted by Crippen LogP contribution is -2.49. The molecule has 1 heterocycles. The Hall–Kier alpha value is -2.53. The zero-order valence-corrected chi connectivity index (χ0v) is 15.6. The number of hydrogen-bond acceptors (Lipinski definition) is 4. The molecule has 5 heteroatoms. The number of carbonyl (C=O) groups excluding carboxylic acids is 1. The summed E-state index contributed by atoms with van der Waals surface area (Å²) >= 11 is 0. The van der Waals surface area contributed by atoms with Crippen molar-refractivity contribution in [3.05, 3.63) is 59.7 Å². The van der Waals surface area contributed by atoms with E-state index in [0.29, 0.717) is 24.5 Å². The standard InChI is InChI=1S/C21H26N2O3/c1-22-11-12-23(21(24)13-16-7-5-4-6-8-16)15-18(22)17-9-10-19(25-2)20(14-17)26-3/h4-10,14,18H,11-13,15H2,1-3H3. The molecule has 0 N–H and O–H groups in total. The molecule has 1 saturated heterocycles. The minimum absolute atomic E-state index is 0.142. The molecule has 26 heavy (non-hydrogen) atoms. The lowest BCUT2D eigenvalue weighted by molar-refractivity contribution is -0.133. The summed E-state index contributed by atoms with van der Waals surface area (Å²) in [6.45, 7) is 2.28. The van der Waals surface area contributed by atoms with E-state index in [2.05, 4.69) is 11.9 Å². The highest BCUT2D eigenvalue weighted by molar-refractivity contribution is 5.79. The molecule has 1 fully saturated rings. The molecule has 1 atom stereocenters. The summed E-state index contributed by atoms with van der Waals surface area (Å²) in [5.74, 6) is 1.60. The molecule has 0 saturated carbocycles. The van der Waals surface area contributed by atoms with Crippen LogP contribution in [0, 0.1) is 0 Å². The number of ether oxygens (including phenoxy) is 2. The van der Waals surface area contributed by atoms with E-state index in [-0.39, 0.29) is 11.9 Å². The number of carbonyl (C=O) groups is 1. The van der Waals surface area contributed by atoms with Crippen LogP contribution < -0.4 is 9.47 Å². The van der Waals surface area contributed by atoms with Crippen LogP contribution in [0.25, 0.3) is 0 Å².